The van der Waals surface area contributed by atoms with E-state index in [4.69, 9.17) is 0 Å². The Hall–Kier alpha value is -7.68. The van der Waals surface area contributed by atoms with Crippen molar-refractivity contribution in [2.45, 2.75) is 19.3 Å². The molecule has 1 aromatic heterocycles. The zero-order chi connectivity index (χ0) is 40.7. The topological polar surface area (TPSA) is 8.17 Å². The quantitative estimate of drug-likeness (QED) is 0.163. The lowest BCUT2D eigenvalue weighted by Crippen LogP contribution is -2.16. The summed E-state index contributed by atoms with van der Waals surface area (Å²) in [5.74, 6) is 0. The number of hydrogen-bond donors (Lipinski definition) is 0. The Morgan fingerprint density at radius 3 is 1.79 bits per heavy atom. The third-order valence-corrected chi connectivity index (χ3v) is 13.2. The molecule has 0 bridgehead atoms. The molecule has 0 spiro atoms. The van der Waals surface area contributed by atoms with Crippen molar-refractivity contribution in [2.75, 3.05) is 4.90 Å². The van der Waals surface area contributed by atoms with Crippen LogP contribution in [0.25, 0.3) is 82.4 Å². The number of fused-ring (bicyclic) bond motifs is 9. The minimum Gasteiger partial charge on any atom is -0.310 e. The van der Waals surface area contributed by atoms with Gasteiger partial charge in [0.15, 0.2) is 0 Å². The SMILES string of the molecule is CC1(C)c2ccccc2-c2ccc(N(c3ccc(-c4ccccc4)cc3)c3cc4c(c5ccccc35)c3ccccc3n4-c3ccc(-c4cccc5ccccc45)cc3)cc21. The van der Waals surface area contributed by atoms with Gasteiger partial charge in [0.1, 0.15) is 0 Å². The van der Waals surface area contributed by atoms with E-state index in [9.17, 15) is 0 Å². The molecule has 0 N–H and O–H groups in total. The smallest absolute Gasteiger partial charge is 0.0568 e. The van der Waals surface area contributed by atoms with Crippen LogP contribution in [0.4, 0.5) is 17.1 Å². The lowest BCUT2D eigenvalue weighted by molar-refractivity contribution is 0.660. The van der Waals surface area contributed by atoms with Crippen LogP contribution in [-0.4, -0.2) is 4.57 Å². The maximum atomic E-state index is 2.49. The summed E-state index contributed by atoms with van der Waals surface area (Å²) in [7, 11) is 0. The Kier molecular flexibility index (Phi) is 7.92. The van der Waals surface area contributed by atoms with Crippen molar-refractivity contribution >= 4 is 60.4 Å². The van der Waals surface area contributed by atoms with Crippen LogP contribution < -0.4 is 4.90 Å². The first-order valence-electron chi connectivity index (χ1n) is 21.3. The third-order valence-electron chi connectivity index (χ3n) is 13.2. The maximum Gasteiger partial charge on any atom is 0.0568 e. The molecular weight excluding hydrogens is 737 g/mol. The van der Waals surface area contributed by atoms with Crippen molar-refractivity contribution in [3.8, 4) is 39.1 Å². The van der Waals surface area contributed by atoms with Gasteiger partial charge in [-0.15, -0.1) is 0 Å². The van der Waals surface area contributed by atoms with E-state index in [2.05, 4.69) is 242 Å². The van der Waals surface area contributed by atoms with Gasteiger partial charge in [0.05, 0.1) is 16.7 Å². The fourth-order valence-corrected chi connectivity index (χ4v) is 10.2. The van der Waals surface area contributed by atoms with Crippen LogP contribution in [0.2, 0.25) is 0 Å². The average molecular weight is 779 g/mol. The standard InChI is InChI=1S/C59H42N2/c1-59(2)53-25-12-10-20-48(53)49-36-35-45(37-54(49)59)60(43-31-27-40(28-32-43)39-15-4-3-5-16-39)56-38-57-58(51-22-9-8-21-50(51)56)52-23-11-13-26-55(52)61(57)44-33-29-42(30-34-44)47-24-14-18-41-17-6-7-19-46(41)47/h3-38H,1-2H3. The fraction of sp³-hybridized carbons (Fsp3) is 0.0508. The molecular formula is C59H42N2. The Labute approximate surface area is 356 Å². The second-order valence-electron chi connectivity index (χ2n) is 16.9. The normalized spacial score (nSPS) is 12.9. The van der Waals surface area contributed by atoms with Crippen LogP contribution in [0, 0.1) is 0 Å². The Bertz CT molecular complexity index is 3480. The summed E-state index contributed by atoms with van der Waals surface area (Å²) >= 11 is 0. The lowest BCUT2D eigenvalue weighted by Gasteiger charge is -2.29. The highest BCUT2D eigenvalue weighted by Gasteiger charge is 2.36. The number of hydrogen-bond acceptors (Lipinski definition) is 1. The van der Waals surface area contributed by atoms with Crippen LogP contribution in [-0.2, 0) is 5.41 Å². The van der Waals surface area contributed by atoms with Gasteiger partial charge in [-0.3, -0.25) is 0 Å². The number of anilines is 3. The van der Waals surface area contributed by atoms with Crippen LogP contribution in [0.3, 0.4) is 0 Å². The fourth-order valence-electron chi connectivity index (χ4n) is 10.2. The summed E-state index contributed by atoms with van der Waals surface area (Å²) in [6, 6.07) is 80.5. The van der Waals surface area contributed by atoms with E-state index in [1.54, 1.807) is 0 Å². The molecule has 1 aliphatic carbocycles. The van der Waals surface area contributed by atoms with Crippen molar-refractivity contribution in [2.24, 2.45) is 0 Å². The molecule has 0 fully saturated rings. The van der Waals surface area contributed by atoms with E-state index < -0.39 is 0 Å². The zero-order valence-electron chi connectivity index (χ0n) is 34.2. The summed E-state index contributed by atoms with van der Waals surface area (Å²) in [6.45, 7) is 4.73. The number of nitrogens with zero attached hydrogens (tertiary/aromatic N) is 2. The maximum absolute atomic E-state index is 2.49. The van der Waals surface area contributed by atoms with E-state index in [-0.39, 0.29) is 5.41 Å². The van der Waals surface area contributed by atoms with Gasteiger partial charge in [-0.05, 0) is 109 Å². The van der Waals surface area contributed by atoms with Crippen molar-refractivity contribution in [1.82, 2.24) is 4.57 Å². The first kappa shape index (κ1) is 35.3. The van der Waals surface area contributed by atoms with Gasteiger partial charge in [-0.1, -0.05) is 184 Å². The molecule has 288 valence electrons. The molecule has 10 aromatic carbocycles. The summed E-state index contributed by atoms with van der Waals surface area (Å²) in [5, 5.41) is 7.46. The summed E-state index contributed by atoms with van der Waals surface area (Å²) in [6.07, 6.45) is 0. The predicted molar refractivity (Wildman–Crippen MR) is 259 cm³/mol. The average Bonchev–Trinajstić information content (AvgIpc) is 3.77. The molecule has 0 unspecified atom stereocenters. The molecule has 61 heavy (non-hydrogen) atoms. The minimum atomic E-state index is -0.137. The molecule has 0 atom stereocenters. The number of rotatable bonds is 6. The molecule has 1 aliphatic rings. The number of aromatic nitrogens is 1. The molecule has 2 heteroatoms. The summed E-state index contributed by atoms with van der Waals surface area (Å²) in [5.41, 5.74) is 17.0. The second-order valence-corrected chi connectivity index (χ2v) is 16.9. The van der Waals surface area contributed by atoms with E-state index >= 15 is 0 Å². The van der Waals surface area contributed by atoms with Crippen LogP contribution >= 0.6 is 0 Å². The monoisotopic (exact) mass is 778 g/mol. The van der Waals surface area contributed by atoms with Gasteiger partial charge in [-0.2, -0.15) is 0 Å². The van der Waals surface area contributed by atoms with Crippen LogP contribution in [0.5, 0.6) is 0 Å². The summed E-state index contributed by atoms with van der Waals surface area (Å²) < 4.78 is 2.46. The van der Waals surface area contributed by atoms with E-state index in [0.29, 0.717) is 0 Å². The first-order valence-corrected chi connectivity index (χ1v) is 21.3. The van der Waals surface area contributed by atoms with E-state index in [1.807, 2.05) is 0 Å². The molecule has 0 aliphatic heterocycles. The zero-order valence-corrected chi connectivity index (χ0v) is 34.2. The molecule has 2 nitrogen and oxygen atoms in total. The van der Waals surface area contributed by atoms with Crippen molar-refractivity contribution in [3.05, 3.63) is 230 Å². The highest BCUT2D eigenvalue weighted by Crippen LogP contribution is 2.52. The predicted octanol–water partition coefficient (Wildman–Crippen LogP) is 16.2. The largest absolute Gasteiger partial charge is 0.310 e. The van der Waals surface area contributed by atoms with E-state index in [1.165, 1.54) is 87.9 Å². The molecule has 0 saturated carbocycles. The Morgan fingerprint density at radius 1 is 0.377 bits per heavy atom. The molecule has 0 amide bonds. The van der Waals surface area contributed by atoms with Crippen molar-refractivity contribution in [1.29, 1.82) is 0 Å². The lowest BCUT2D eigenvalue weighted by atomic mass is 9.82. The van der Waals surface area contributed by atoms with Crippen LogP contribution in [0.15, 0.2) is 218 Å². The first-order chi connectivity index (χ1) is 30.0. The molecule has 0 saturated heterocycles. The van der Waals surface area contributed by atoms with Gasteiger partial charge in [0.2, 0.25) is 0 Å². The Balaban J connectivity index is 1.10. The van der Waals surface area contributed by atoms with Gasteiger partial charge in [0.25, 0.3) is 0 Å². The van der Waals surface area contributed by atoms with Gasteiger partial charge in [-0.25, -0.2) is 0 Å². The second kappa shape index (κ2) is 13.7. The van der Waals surface area contributed by atoms with Gasteiger partial charge in [0, 0.05) is 38.6 Å². The summed E-state index contributed by atoms with van der Waals surface area (Å²) in [4.78, 5) is 2.49. The van der Waals surface area contributed by atoms with Crippen molar-refractivity contribution < 1.29 is 0 Å². The van der Waals surface area contributed by atoms with Crippen LogP contribution in [0.1, 0.15) is 25.0 Å². The molecule has 1 heterocycles. The highest BCUT2D eigenvalue weighted by molar-refractivity contribution is 6.24. The van der Waals surface area contributed by atoms with Gasteiger partial charge >= 0.3 is 0 Å². The minimum absolute atomic E-state index is 0.137. The number of benzene rings is 10. The molecule has 11 aromatic rings. The van der Waals surface area contributed by atoms with Gasteiger partial charge < -0.3 is 9.47 Å². The third kappa shape index (κ3) is 5.49. The molecule has 12 rings (SSSR count). The van der Waals surface area contributed by atoms with Crippen molar-refractivity contribution in [3.63, 3.8) is 0 Å². The Morgan fingerprint density at radius 2 is 0.967 bits per heavy atom. The number of para-hydroxylation sites is 1. The highest BCUT2D eigenvalue weighted by atomic mass is 15.1. The van der Waals surface area contributed by atoms with E-state index in [0.717, 1.165) is 22.7 Å². The molecule has 0 radical (unpaired) electrons.